The minimum atomic E-state index is -0.698. The fraction of sp³-hybridized carbons (Fsp3) is 0.786. The summed E-state index contributed by atoms with van der Waals surface area (Å²) in [6.07, 6.45) is 4.47. The van der Waals surface area contributed by atoms with Crippen molar-refractivity contribution in [2.75, 3.05) is 19.8 Å². The first-order valence-corrected chi connectivity index (χ1v) is 7.35. The molecule has 1 atom stereocenters. The highest BCUT2D eigenvalue weighted by atomic mass is 16.5. The van der Waals surface area contributed by atoms with E-state index in [1.807, 2.05) is 6.92 Å². The summed E-state index contributed by atoms with van der Waals surface area (Å²) in [6.45, 7) is 3.61. The molecule has 2 aliphatic rings. The van der Waals surface area contributed by atoms with Crippen LogP contribution in [0.1, 0.15) is 56.7 Å². The number of carbonyl (C=O) groups is 1. The first kappa shape index (κ1) is 13.5. The van der Waals surface area contributed by atoms with Crippen LogP contribution in [0.2, 0.25) is 0 Å². The highest BCUT2D eigenvalue weighted by Gasteiger charge is 2.52. The van der Waals surface area contributed by atoms with Gasteiger partial charge in [-0.1, -0.05) is 11.6 Å². The molecule has 20 heavy (non-hydrogen) atoms. The Labute approximate surface area is 117 Å². The average Bonchev–Trinajstić information content (AvgIpc) is 2.89. The monoisotopic (exact) mass is 280 g/mol. The molecule has 0 radical (unpaired) electrons. The van der Waals surface area contributed by atoms with Gasteiger partial charge in [0.15, 0.2) is 5.82 Å². The van der Waals surface area contributed by atoms with E-state index in [2.05, 4.69) is 10.1 Å². The molecular formula is C14H20N2O4. The van der Waals surface area contributed by atoms with Crippen molar-refractivity contribution in [2.24, 2.45) is 0 Å². The van der Waals surface area contributed by atoms with E-state index in [0.29, 0.717) is 24.9 Å². The van der Waals surface area contributed by atoms with Gasteiger partial charge in [-0.2, -0.15) is 4.98 Å². The first-order valence-electron chi connectivity index (χ1n) is 7.35. The molecule has 6 nitrogen and oxygen atoms in total. The Morgan fingerprint density at radius 2 is 2.30 bits per heavy atom. The van der Waals surface area contributed by atoms with Crippen molar-refractivity contribution in [3.05, 3.63) is 11.7 Å². The fourth-order valence-electron chi connectivity index (χ4n) is 2.84. The van der Waals surface area contributed by atoms with Crippen molar-refractivity contribution in [2.45, 2.75) is 50.4 Å². The largest absolute Gasteiger partial charge is 0.465 e. The average molecular weight is 280 g/mol. The first-order chi connectivity index (χ1) is 9.76. The number of rotatable bonds is 4. The van der Waals surface area contributed by atoms with Gasteiger partial charge in [-0.15, -0.1) is 0 Å². The Kier molecular flexibility index (Phi) is 3.74. The Bertz CT molecular complexity index is 475. The summed E-state index contributed by atoms with van der Waals surface area (Å²) in [7, 11) is 0. The molecule has 1 saturated heterocycles. The molecule has 0 N–H and O–H groups in total. The van der Waals surface area contributed by atoms with Crippen LogP contribution in [0.3, 0.4) is 0 Å². The van der Waals surface area contributed by atoms with E-state index >= 15 is 0 Å². The number of ether oxygens (including phenoxy) is 2. The summed E-state index contributed by atoms with van der Waals surface area (Å²) in [5.74, 6) is 1.03. The lowest BCUT2D eigenvalue weighted by Gasteiger charge is -2.35. The molecule has 0 spiro atoms. The van der Waals surface area contributed by atoms with Crippen molar-refractivity contribution < 1.29 is 18.8 Å². The number of esters is 1. The van der Waals surface area contributed by atoms with Gasteiger partial charge in [-0.3, -0.25) is 4.79 Å². The number of hydrogen-bond acceptors (Lipinski definition) is 6. The van der Waals surface area contributed by atoms with Crippen molar-refractivity contribution in [1.29, 1.82) is 0 Å². The van der Waals surface area contributed by atoms with Gasteiger partial charge in [-0.05, 0) is 32.6 Å². The summed E-state index contributed by atoms with van der Waals surface area (Å²) >= 11 is 0. The van der Waals surface area contributed by atoms with Crippen molar-refractivity contribution in [3.63, 3.8) is 0 Å². The van der Waals surface area contributed by atoms with Crippen LogP contribution < -0.4 is 0 Å². The van der Waals surface area contributed by atoms with Crippen LogP contribution in [0, 0.1) is 0 Å². The number of carbonyl (C=O) groups excluding carboxylic acids is 1. The van der Waals surface area contributed by atoms with E-state index < -0.39 is 5.41 Å². The second-order valence-corrected chi connectivity index (χ2v) is 5.53. The molecule has 2 fully saturated rings. The molecule has 1 aliphatic carbocycles. The van der Waals surface area contributed by atoms with E-state index in [4.69, 9.17) is 14.0 Å². The lowest BCUT2D eigenvalue weighted by molar-refractivity contribution is -0.155. The predicted octanol–water partition coefficient (Wildman–Crippen LogP) is 1.95. The lowest BCUT2D eigenvalue weighted by atomic mass is 9.68. The molecule has 6 heteroatoms. The Morgan fingerprint density at radius 3 is 2.90 bits per heavy atom. The van der Waals surface area contributed by atoms with Gasteiger partial charge in [0.1, 0.15) is 5.41 Å². The lowest BCUT2D eigenvalue weighted by Crippen LogP contribution is -2.44. The summed E-state index contributed by atoms with van der Waals surface area (Å²) in [4.78, 5) is 16.6. The summed E-state index contributed by atoms with van der Waals surface area (Å²) in [5.41, 5.74) is -0.698. The van der Waals surface area contributed by atoms with Crippen LogP contribution in [0.5, 0.6) is 0 Å². The third kappa shape index (κ3) is 2.22. The highest BCUT2D eigenvalue weighted by Crippen LogP contribution is 2.44. The third-order valence-corrected chi connectivity index (χ3v) is 4.25. The minimum absolute atomic E-state index is 0.181. The third-order valence-electron chi connectivity index (χ3n) is 4.25. The molecule has 2 heterocycles. The molecule has 3 rings (SSSR count). The minimum Gasteiger partial charge on any atom is -0.465 e. The van der Waals surface area contributed by atoms with E-state index in [0.717, 1.165) is 38.7 Å². The van der Waals surface area contributed by atoms with Gasteiger partial charge < -0.3 is 14.0 Å². The zero-order valence-corrected chi connectivity index (χ0v) is 11.8. The molecule has 0 aromatic carbocycles. The van der Waals surface area contributed by atoms with Gasteiger partial charge in [0.25, 0.3) is 0 Å². The van der Waals surface area contributed by atoms with Crippen LogP contribution in [-0.2, 0) is 19.7 Å². The second kappa shape index (κ2) is 5.52. The van der Waals surface area contributed by atoms with E-state index in [-0.39, 0.29) is 11.9 Å². The zero-order chi connectivity index (χ0) is 14.0. The Morgan fingerprint density at radius 1 is 1.45 bits per heavy atom. The summed E-state index contributed by atoms with van der Waals surface area (Å²) in [6, 6.07) is 0. The molecule has 0 bridgehead atoms. The maximum absolute atomic E-state index is 12.2. The molecule has 1 aliphatic heterocycles. The van der Waals surface area contributed by atoms with Crippen LogP contribution in [0.4, 0.5) is 0 Å². The van der Waals surface area contributed by atoms with Crippen LogP contribution in [0.15, 0.2) is 4.52 Å². The topological polar surface area (TPSA) is 74.5 Å². The van der Waals surface area contributed by atoms with Gasteiger partial charge >= 0.3 is 5.97 Å². The number of hydrogen-bond donors (Lipinski definition) is 0. The summed E-state index contributed by atoms with van der Waals surface area (Å²) < 4.78 is 16.0. The number of nitrogens with zero attached hydrogens (tertiary/aromatic N) is 2. The predicted molar refractivity (Wildman–Crippen MR) is 69.3 cm³/mol. The molecule has 1 saturated carbocycles. The number of aromatic nitrogens is 2. The van der Waals surface area contributed by atoms with Crippen molar-refractivity contribution in [3.8, 4) is 0 Å². The highest BCUT2D eigenvalue weighted by molar-refractivity contribution is 5.83. The van der Waals surface area contributed by atoms with E-state index in [9.17, 15) is 4.79 Å². The SMILES string of the molecule is CCOC(=O)C1(c2nc(C3CCCOC3)no2)CCC1. The Hall–Kier alpha value is -1.43. The quantitative estimate of drug-likeness (QED) is 0.785. The smallest absolute Gasteiger partial charge is 0.321 e. The van der Waals surface area contributed by atoms with Crippen LogP contribution in [0.25, 0.3) is 0 Å². The Balaban J connectivity index is 1.79. The normalized spacial score (nSPS) is 24.9. The zero-order valence-electron chi connectivity index (χ0n) is 11.8. The van der Waals surface area contributed by atoms with E-state index in [1.54, 1.807) is 0 Å². The van der Waals surface area contributed by atoms with Crippen molar-refractivity contribution in [1.82, 2.24) is 10.1 Å². The van der Waals surface area contributed by atoms with Gasteiger partial charge in [0, 0.05) is 12.5 Å². The van der Waals surface area contributed by atoms with Crippen LogP contribution >= 0.6 is 0 Å². The standard InChI is InChI=1S/C14H20N2O4/c1-2-19-13(17)14(6-4-7-14)12-15-11(16-20-12)10-5-3-8-18-9-10/h10H,2-9H2,1H3. The molecule has 110 valence electrons. The second-order valence-electron chi connectivity index (χ2n) is 5.53. The molecule has 0 amide bonds. The summed E-state index contributed by atoms with van der Waals surface area (Å²) in [5, 5.41) is 4.06. The van der Waals surface area contributed by atoms with Gasteiger partial charge in [0.2, 0.25) is 5.89 Å². The van der Waals surface area contributed by atoms with Crippen molar-refractivity contribution >= 4 is 5.97 Å². The molecule has 1 aromatic rings. The van der Waals surface area contributed by atoms with Gasteiger partial charge in [-0.25, -0.2) is 0 Å². The fourth-order valence-corrected chi connectivity index (χ4v) is 2.84. The maximum Gasteiger partial charge on any atom is 0.321 e. The molecule has 1 unspecified atom stereocenters. The van der Waals surface area contributed by atoms with E-state index in [1.165, 1.54) is 0 Å². The maximum atomic E-state index is 12.2. The molecule has 1 aromatic heterocycles. The van der Waals surface area contributed by atoms with Gasteiger partial charge in [0.05, 0.1) is 13.2 Å². The molecular weight excluding hydrogens is 260 g/mol. The van der Waals surface area contributed by atoms with Crippen LogP contribution in [-0.4, -0.2) is 35.9 Å².